The fourth-order valence-corrected chi connectivity index (χ4v) is 2.20. The molecule has 19 heavy (non-hydrogen) atoms. The zero-order chi connectivity index (χ0) is 14.4. The lowest BCUT2D eigenvalue weighted by atomic mass is 10.00. The highest BCUT2D eigenvalue weighted by Crippen LogP contribution is 2.49. The van der Waals surface area contributed by atoms with Crippen LogP contribution in [0.4, 0.5) is 0 Å². The molecular weight excluding hydrogens is 244 g/mol. The van der Waals surface area contributed by atoms with E-state index in [4.69, 9.17) is 18.9 Å². The summed E-state index contributed by atoms with van der Waals surface area (Å²) in [6.45, 7) is 5.74. The third-order valence-corrected chi connectivity index (χ3v) is 3.10. The van der Waals surface area contributed by atoms with Crippen LogP contribution in [0.1, 0.15) is 17.5 Å². The van der Waals surface area contributed by atoms with Crippen molar-refractivity contribution in [2.75, 3.05) is 28.4 Å². The van der Waals surface area contributed by atoms with Crippen molar-refractivity contribution in [3.05, 3.63) is 23.8 Å². The van der Waals surface area contributed by atoms with Crippen LogP contribution >= 0.6 is 0 Å². The van der Waals surface area contributed by atoms with E-state index in [9.17, 15) is 0 Å². The Labute approximate surface area is 114 Å². The van der Waals surface area contributed by atoms with E-state index in [-0.39, 0.29) is 0 Å². The molecule has 4 heteroatoms. The number of benzene rings is 1. The van der Waals surface area contributed by atoms with E-state index in [1.807, 2.05) is 13.0 Å². The van der Waals surface area contributed by atoms with Crippen LogP contribution in [0.5, 0.6) is 23.0 Å². The summed E-state index contributed by atoms with van der Waals surface area (Å²) in [6.07, 6.45) is 3.55. The molecular formula is C15H22O4. The van der Waals surface area contributed by atoms with Gasteiger partial charge in [0.1, 0.15) is 0 Å². The summed E-state index contributed by atoms with van der Waals surface area (Å²) in [5.41, 5.74) is 2.05. The van der Waals surface area contributed by atoms with Gasteiger partial charge < -0.3 is 18.9 Å². The summed E-state index contributed by atoms with van der Waals surface area (Å²) < 4.78 is 21.7. The zero-order valence-corrected chi connectivity index (χ0v) is 12.3. The Kier molecular flexibility index (Phi) is 5.55. The minimum atomic E-state index is 0.557. The lowest BCUT2D eigenvalue weighted by Gasteiger charge is -2.21. The van der Waals surface area contributed by atoms with Gasteiger partial charge in [-0.2, -0.15) is 0 Å². The second-order valence-corrected chi connectivity index (χ2v) is 4.06. The first-order valence-electron chi connectivity index (χ1n) is 6.12. The molecule has 0 radical (unpaired) electrons. The molecule has 0 atom stereocenters. The SMILES string of the molecule is C=CCCc1c(C)c(OC)c(OC)c(OC)c1OC. The van der Waals surface area contributed by atoms with Gasteiger partial charge in [0.25, 0.3) is 0 Å². The van der Waals surface area contributed by atoms with Gasteiger partial charge in [-0.15, -0.1) is 6.58 Å². The number of allylic oxidation sites excluding steroid dienone is 1. The fourth-order valence-electron chi connectivity index (χ4n) is 2.20. The van der Waals surface area contributed by atoms with Gasteiger partial charge in [-0.05, 0) is 19.8 Å². The molecule has 106 valence electrons. The van der Waals surface area contributed by atoms with E-state index < -0.39 is 0 Å². The minimum absolute atomic E-state index is 0.557. The molecule has 0 aromatic heterocycles. The van der Waals surface area contributed by atoms with Crippen LogP contribution in [-0.2, 0) is 6.42 Å². The quantitative estimate of drug-likeness (QED) is 0.710. The summed E-state index contributed by atoms with van der Waals surface area (Å²) in [4.78, 5) is 0. The van der Waals surface area contributed by atoms with E-state index in [1.54, 1.807) is 28.4 Å². The van der Waals surface area contributed by atoms with Crippen molar-refractivity contribution in [1.29, 1.82) is 0 Å². The Bertz CT molecular complexity index is 452. The number of hydrogen-bond acceptors (Lipinski definition) is 4. The third-order valence-electron chi connectivity index (χ3n) is 3.10. The minimum Gasteiger partial charge on any atom is -0.492 e. The molecule has 0 aliphatic carbocycles. The van der Waals surface area contributed by atoms with Crippen molar-refractivity contribution in [3.63, 3.8) is 0 Å². The van der Waals surface area contributed by atoms with Crippen LogP contribution in [0.25, 0.3) is 0 Å². The Hall–Kier alpha value is -1.84. The predicted molar refractivity (Wildman–Crippen MR) is 75.9 cm³/mol. The Morgan fingerprint density at radius 2 is 1.32 bits per heavy atom. The van der Waals surface area contributed by atoms with Gasteiger partial charge in [-0.1, -0.05) is 6.08 Å². The zero-order valence-electron chi connectivity index (χ0n) is 12.3. The molecule has 0 bridgehead atoms. The smallest absolute Gasteiger partial charge is 0.207 e. The van der Waals surface area contributed by atoms with Crippen LogP contribution in [0.3, 0.4) is 0 Å². The van der Waals surface area contributed by atoms with Crippen LogP contribution in [0, 0.1) is 6.92 Å². The number of rotatable bonds is 7. The molecule has 0 N–H and O–H groups in total. The molecule has 0 spiro atoms. The van der Waals surface area contributed by atoms with Crippen molar-refractivity contribution in [2.24, 2.45) is 0 Å². The van der Waals surface area contributed by atoms with E-state index in [2.05, 4.69) is 6.58 Å². The molecule has 0 fully saturated rings. The summed E-state index contributed by atoms with van der Waals surface area (Å²) in [6, 6.07) is 0. The molecule has 1 rings (SSSR count). The Morgan fingerprint density at radius 1 is 0.842 bits per heavy atom. The maximum atomic E-state index is 5.49. The van der Waals surface area contributed by atoms with Crippen LogP contribution in [-0.4, -0.2) is 28.4 Å². The van der Waals surface area contributed by atoms with Gasteiger partial charge in [0, 0.05) is 11.1 Å². The van der Waals surface area contributed by atoms with Crippen molar-refractivity contribution in [3.8, 4) is 23.0 Å². The largest absolute Gasteiger partial charge is 0.492 e. The molecule has 0 amide bonds. The van der Waals surface area contributed by atoms with Crippen molar-refractivity contribution < 1.29 is 18.9 Å². The first-order valence-corrected chi connectivity index (χ1v) is 6.12. The van der Waals surface area contributed by atoms with Crippen LogP contribution in [0.2, 0.25) is 0 Å². The molecule has 1 aromatic rings. The van der Waals surface area contributed by atoms with Crippen molar-refractivity contribution in [1.82, 2.24) is 0 Å². The summed E-state index contributed by atoms with van der Waals surface area (Å²) >= 11 is 0. The van der Waals surface area contributed by atoms with Crippen molar-refractivity contribution >= 4 is 0 Å². The number of hydrogen-bond donors (Lipinski definition) is 0. The molecule has 0 unspecified atom stereocenters. The van der Waals surface area contributed by atoms with Gasteiger partial charge >= 0.3 is 0 Å². The van der Waals surface area contributed by atoms with Gasteiger partial charge in [-0.25, -0.2) is 0 Å². The topological polar surface area (TPSA) is 36.9 Å². The van der Waals surface area contributed by atoms with Gasteiger partial charge in [0.05, 0.1) is 28.4 Å². The predicted octanol–water partition coefficient (Wildman–Crippen LogP) is 3.15. The Balaban J connectivity index is 3.56. The number of methoxy groups -OCH3 is 4. The van der Waals surface area contributed by atoms with E-state index in [0.717, 1.165) is 24.0 Å². The Morgan fingerprint density at radius 3 is 1.74 bits per heavy atom. The van der Waals surface area contributed by atoms with E-state index in [0.29, 0.717) is 23.0 Å². The second kappa shape index (κ2) is 6.92. The summed E-state index contributed by atoms with van der Waals surface area (Å²) in [5.74, 6) is 2.49. The molecule has 1 aromatic carbocycles. The lowest BCUT2D eigenvalue weighted by Crippen LogP contribution is -2.04. The van der Waals surface area contributed by atoms with Crippen molar-refractivity contribution in [2.45, 2.75) is 19.8 Å². The molecule has 0 aliphatic rings. The molecule has 0 saturated carbocycles. The highest BCUT2D eigenvalue weighted by atomic mass is 16.5. The van der Waals surface area contributed by atoms with E-state index in [1.165, 1.54) is 0 Å². The molecule has 4 nitrogen and oxygen atoms in total. The summed E-state index contributed by atoms with van der Waals surface area (Å²) in [7, 11) is 6.42. The molecule has 0 saturated heterocycles. The second-order valence-electron chi connectivity index (χ2n) is 4.06. The number of ether oxygens (including phenoxy) is 4. The first kappa shape index (κ1) is 15.2. The normalized spacial score (nSPS) is 9.95. The van der Waals surface area contributed by atoms with Gasteiger partial charge in [0.2, 0.25) is 11.5 Å². The van der Waals surface area contributed by atoms with Gasteiger partial charge in [-0.3, -0.25) is 0 Å². The van der Waals surface area contributed by atoms with Crippen LogP contribution < -0.4 is 18.9 Å². The average molecular weight is 266 g/mol. The molecule has 0 aliphatic heterocycles. The first-order chi connectivity index (χ1) is 9.15. The molecule has 0 heterocycles. The van der Waals surface area contributed by atoms with Crippen LogP contribution in [0.15, 0.2) is 12.7 Å². The summed E-state index contributed by atoms with van der Waals surface area (Å²) in [5, 5.41) is 0. The lowest BCUT2D eigenvalue weighted by molar-refractivity contribution is 0.302. The van der Waals surface area contributed by atoms with Gasteiger partial charge in [0.15, 0.2) is 11.5 Å². The maximum Gasteiger partial charge on any atom is 0.207 e. The maximum absolute atomic E-state index is 5.49. The monoisotopic (exact) mass is 266 g/mol. The van der Waals surface area contributed by atoms with E-state index >= 15 is 0 Å². The fraction of sp³-hybridized carbons (Fsp3) is 0.467. The highest BCUT2D eigenvalue weighted by molar-refractivity contribution is 5.66. The third kappa shape index (κ3) is 2.78. The highest BCUT2D eigenvalue weighted by Gasteiger charge is 2.24. The average Bonchev–Trinajstić information content (AvgIpc) is 2.44. The standard InChI is InChI=1S/C15H22O4/c1-7-8-9-11-10(2)12(16-3)14(18-5)15(19-6)13(11)17-4/h7H,1,8-9H2,2-6H3.